The summed E-state index contributed by atoms with van der Waals surface area (Å²) >= 11 is 0. The Hall–Kier alpha value is -1.93. The van der Waals surface area contributed by atoms with Crippen LogP contribution in [-0.2, 0) is 12.8 Å². The molecular weight excluding hydrogens is 280 g/mol. The van der Waals surface area contributed by atoms with Crippen molar-refractivity contribution in [2.45, 2.75) is 32.6 Å². The van der Waals surface area contributed by atoms with Crippen LogP contribution >= 0.6 is 0 Å². The van der Waals surface area contributed by atoms with E-state index in [9.17, 15) is 0 Å². The van der Waals surface area contributed by atoms with Gasteiger partial charge in [-0.2, -0.15) is 0 Å². The highest BCUT2D eigenvalue weighted by molar-refractivity contribution is 5.84. The molecule has 1 aliphatic heterocycles. The monoisotopic (exact) mass is 304 g/mol. The van der Waals surface area contributed by atoms with Gasteiger partial charge in [-0.1, -0.05) is 35.9 Å². The minimum Gasteiger partial charge on any atom is -0.306 e. The van der Waals surface area contributed by atoms with Crippen molar-refractivity contribution < 1.29 is 0 Å². The Morgan fingerprint density at radius 1 is 0.957 bits per heavy atom. The molecule has 0 unspecified atom stereocenters. The average Bonchev–Trinajstić information content (AvgIpc) is 2.72. The molecule has 23 heavy (non-hydrogen) atoms. The van der Waals surface area contributed by atoms with E-state index in [-0.39, 0.29) is 0 Å². The van der Waals surface area contributed by atoms with Crippen LogP contribution < -0.4 is 0 Å². The molecule has 1 fully saturated rings. The number of rotatable bonds is 0. The van der Waals surface area contributed by atoms with Gasteiger partial charge in [0.05, 0.1) is 5.69 Å². The molecule has 1 saturated heterocycles. The zero-order valence-corrected chi connectivity index (χ0v) is 14.1. The number of benzene rings is 1. The molecule has 1 aromatic heterocycles. The van der Waals surface area contributed by atoms with Gasteiger partial charge in [0.15, 0.2) is 0 Å². The van der Waals surface area contributed by atoms with Crippen molar-refractivity contribution in [2.75, 3.05) is 20.1 Å². The van der Waals surface area contributed by atoms with E-state index >= 15 is 0 Å². The summed E-state index contributed by atoms with van der Waals surface area (Å²) in [6, 6.07) is 11.3. The molecule has 1 aromatic carbocycles. The van der Waals surface area contributed by atoms with Gasteiger partial charge >= 0.3 is 0 Å². The van der Waals surface area contributed by atoms with E-state index in [0.717, 1.165) is 38.8 Å². The van der Waals surface area contributed by atoms with Crippen LogP contribution in [0.25, 0.3) is 5.57 Å². The molecule has 0 spiro atoms. The molecule has 2 heteroatoms. The van der Waals surface area contributed by atoms with E-state index in [0.29, 0.717) is 0 Å². The molecule has 0 radical (unpaired) electrons. The number of aromatic nitrogens is 1. The zero-order valence-electron chi connectivity index (χ0n) is 14.1. The van der Waals surface area contributed by atoms with Crippen LogP contribution in [0.15, 0.2) is 42.1 Å². The van der Waals surface area contributed by atoms with Gasteiger partial charge < -0.3 is 4.90 Å². The first-order valence-electron chi connectivity index (χ1n) is 8.67. The highest BCUT2D eigenvalue weighted by atomic mass is 15.1. The standard InChI is InChI=1S/C21H24N2/c1-15-13-18-8-7-16-5-3-4-6-19(16)20(21(18)22-14-15)17-9-11-23(2)12-10-17/h3-6,13-14H,7-12H2,1-2H3. The molecule has 0 atom stereocenters. The van der Waals surface area contributed by atoms with Crippen LogP contribution in [0, 0.1) is 6.92 Å². The Morgan fingerprint density at radius 3 is 2.52 bits per heavy atom. The number of hydrogen-bond acceptors (Lipinski definition) is 2. The molecule has 118 valence electrons. The van der Waals surface area contributed by atoms with Gasteiger partial charge in [0.2, 0.25) is 0 Å². The van der Waals surface area contributed by atoms with Crippen molar-refractivity contribution >= 4 is 5.57 Å². The molecule has 2 heterocycles. The molecule has 4 rings (SSSR count). The minimum absolute atomic E-state index is 1.09. The van der Waals surface area contributed by atoms with Crippen LogP contribution in [-0.4, -0.2) is 30.0 Å². The lowest BCUT2D eigenvalue weighted by molar-refractivity contribution is 0.313. The van der Waals surface area contributed by atoms with E-state index in [1.165, 1.54) is 33.5 Å². The largest absolute Gasteiger partial charge is 0.306 e. The molecule has 2 aromatic rings. The van der Waals surface area contributed by atoms with E-state index in [4.69, 9.17) is 4.98 Å². The number of fused-ring (bicyclic) bond motifs is 2. The van der Waals surface area contributed by atoms with E-state index < -0.39 is 0 Å². The summed E-state index contributed by atoms with van der Waals surface area (Å²) in [7, 11) is 2.22. The fraction of sp³-hybridized carbons (Fsp3) is 0.381. The second-order valence-electron chi connectivity index (χ2n) is 6.96. The third kappa shape index (κ3) is 2.72. The molecular formula is C21H24N2. The molecule has 0 N–H and O–H groups in total. The minimum atomic E-state index is 1.09. The Labute approximate surface area is 138 Å². The predicted molar refractivity (Wildman–Crippen MR) is 95.6 cm³/mol. The van der Waals surface area contributed by atoms with E-state index in [1.54, 1.807) is 5.57 Å². The van der Waals surface area contributed by atoms with Crippen LogP contribution in [0.3, 0.4) is 0 Å². The topological polar surface area (TPSA) is 16.1 Å². The van der Waals surface area contributed by atoms with Crippen LogP contribution in [0.4, 0.5) is 0 Å². The number of piperidine rings is 1. The van der Waals surface area contributed by atoms with Crippen LogP contribution in [0.2, 0.25) is 0 Å². The first-order chi connectivity index (χ1) is 11.2. The second kappa shape index (κ2) is 5.93. The highest BCUT2D eigenvalue weighted by Gasteiger charge is 2.24. The van der Waals surface area contributed by atoms with Gasteiger partial charge in [0, 0.05) is 24.9 Å². The van der Waals surface area contributed by atoms with Gasteiger partial charge in [-0.15, -0.1) is 0 Å². The summed E-state index contributed by atoms with van der Waals surface area (Å²) in [6.45, 7) is 4.46. The van der Waals surface area contributed by atoms with Gasteiger partial charge in [-0.3, -0.25) is 4.98 Å². The second-order valence-corrected chi connectivity index (χ2v) is 6.96. The first-order valence-corrected chi connectivity index (χ1v) is 8.67. The van der Waals surface area contributed by atoms with Crippen molar-refractivity contribution in [3.05, 3.63) is 70.0 Å². The highest BCUT2D eigenvalue weighted by Crippen LogP contribution is 2.37. The average molecular weight is 304 g/mol. The Balaban J connectivity index is 1.94. The fourth-order valence-corrected chi connectivity index (χ4v) is 3.92. The zero-order chi connectivity index (χ0) is 15.8. The number of pyridine rings is 1. The molecule has 2 aliphatic rings. The van der Waals surface area contributed by atoms with Crippen LogP contribution in [0.5, 0.6) is 0 Å². The number of aryl methyl sites for hydroxylation is 3. The third-order valence-corrected chi connectivity index (χ3v) is 5.23. The maximum atomic E-state index is 4.88. The summed E-state index contributed by atoms with van der Waals surface area (Å²) in [6.07, 6.45) is 6.56. The molecule has 0 bridgehead atoms. The lowest BCUT2D eigenvalue weighted by Crippen LogP contribution is -2.27. The molecule has 0 saturated carbocycles. The van der Waals surface area contributed by atoms with Crippen molar-refractivity contribution in [3.63, 3.8) is 0 Å². The maximum absolute atomic E-state index is 4.88. The lowest BCUT2D eigenvalue weighted by Gasteiger charge is -2.27. The van der Waals surface area contributed by atoms with Gasteiger partial charge in [-0.25, -0.2) is 0 Å². The maximum Gasteiger partial charge on any atom is 0.0739 e. The van der Waals surface area contributed by atoms with Crippen molar-refractivity contribution in [1.29, 1.82) is 0 Å². The summed E-state index contributed by atoms with van der Waals surface area (Å²) in [5.41, 5.74) is 9.84. The fourth-order valence-electron chi connectivity index (χ4n) is 3.92. The SMILES string of the molecule is Cc1cnc2c(c1)CCc1ccccc1C2=C1CCN(C)CC1. The molecule has 0 amide bonds. The number of likely N-dealkylation sites (tertiary alicyclic amines) is 1. The summed E-state index contributed by atoms with van der Waals surface area (Å²) in [5, 5.41) is 0. The number of hydrogen-bond donors (Lipinski definition) is 0. The normalized spacial score (nSPS) is 18.3. The smallest absolute Gasteiger partial charge is 0.0739 e. The Bertz CT molecular complexity index is 763. The van der Waals surface area contributed by atoms with Crippen molar-refractivity contribution in [1.82, 2.24) is 9.88 Å². The lowest BCUT2D eigenvalue weighted by atomic mass is 9.88. The summed E-state index contributed by atoms with van der Waals surface area (Å²) in [4.78, 5) is 7.31. The van der Waals surface area contributed by atoms with E-state index in [1.807, 2.05) is 6.20 Å². The van der Waals surface area contributed by atoms with Crippen LogP contribution in [0.1, 0.15) is 40.8 Å². The first kappa shape index (κ1) is 14.6. The predicted octanol–water partition coefficient (Wildman–Crippen LogP) is 4.02. The number of nitrogens with zero attached hydrogens (tertiary/aromatic N) is 2. The summed E-state index contributed by atoms with van der Waals surface area (Å²) in [5.74, 6) is 0. The molecule has 2 nitrogen and oxygen atoms in total. The van der Waals surface area contributed by atoms with Gasteiger partial charge in [0.1, 0.15) is 0 Å². The Morgan fingerprint density at radius 2 is 1.70 bits per heavy atom. The quantitative estimate of drug-likeness (QED) is 0.731. The Kier molecular flexibility index (Phi) is 3.78. The summed E-state index contributed by atoms with van der Waals surface area (Å²) < 4.78 is 0. The molecule has 1 aliphatic carbocycles. The van der Waals surface area contributed by atoms with Gasteiger partial charge in [-0.05, 0) is 61.9 Å². The third-order valence-electron chi connectivity index (χ3n) is 5.23. The van der Waals surface area contributed by atoms with Crippen molar-refractivity contribution in [2.24, 2.45) is 0 Å². The van der Waals surface area contributed by atoms with Crippen molar-refractivity contribution in [3.8, 4) is 0 Å². The van der Waals surface area contributed by atoms with E-state index in [2.05, 4.69) is 49.2 Å². The van der Waals surface area contributed by atoms with Gasteiger partial charge in [0.25, 0.3) is 0 Å².